The minimum atomic E-state index is 0.0357. The SMILES string of the molecule is CN(Cc1ccccc1)C(=O)N1CCC(C(=O)N2CCC(C)(CN)C2)CC1. The molecule has 3 rings (SSSR count). The number of rotatable bonds is 4. The molecule has 2 N–H and O–H groups in total. The summed E-state index contributed by atoms with van der Waals surface area (Å²) in [5, 5.41) is 0. The van der Waals surface area contributed by atoms with Crippen LogP contribution in [0, 0.1) is 11.3 Å². The van der Waals surface area contributed by atoms with Crippen LogP contribution in [0.5, 0.6) is 0 Å². The molecule has 0 saturated carbocycles. The van der Waals surface area contributed by atoms with E-state index in [1.54, 1.807) is 4.90 Å². The van der Waals surface area contributed by atoms with Crippen LogP contribution in [-0.4, -0.2) is 66.4 Å². The van der Waals surface area contributed by atoms with Gasteiger partial charge in [-0.15, -0.1) is 0 Å². The lowest BCUT2D eigenvalue weighted by atomic mass is 9.90. The number of carbonyl (C=O) groups excluding carboxylic acids is 2. The van der Waals surface area contributed by atoms with Crippen molar-refractivity contribution in [1.29, 1.82) is 0 Å². The van der Waals surface area contributed by atoms with E-state index in [1.165, 1.54) is 0 Å². The second kappa shape index (κ2) is 8.30. The molecule has 2 heterocycles. The van der Waals surface area contributed by atoms with E-state index in [2.05, 4.69) is 6.92 Å². The Morgan fingerprint density at radius 3 is 2.41 bits per heavy atom. The van der Waals surface area contributed by atoms with E-state index < -0.39 is 0 Å². The third-order valence-corrected chi connectivity index (χ3v) is 6.07. The number of hydrogen-bond donors (Lipinski definition) is 1. The molecule has 0 radical (unpaired) electrons. The van der Waals surface area contributed by atoms with Gasteiger partial charge in [0.2, 0.25) is 5.91 Å². The zero-order valence-electron chi connectivity index (χ0n) is 16.6. The second-order valence-electron chi connectivity index (χ2n) is 8.41. The maximum atomic E-state index is 12.8. The van der Waals surface area contributed by atoms with Crippen molar-refractivity contribution in [1.82, 2.24) is 14.7 Å². The van der Waals surface area contributed by atoms with E-state index >= 15 is 0 Å². The van der Waals surface area contributed by atoms with Crippen molar-refractivity contribution in [3.63, 3.8) is 0 Å². The quantitative estimate of drug-likeness (QED) is 0.880. The molecule has 1 aromatic carbocycles. The van der Waals surface area contributed by atoms with Crippen molar-refractivity contribution in [2.45, 2.75) is 32.7 Å². The van der Waals surface area contributed by atoms with Gasteiger partial charge in [-0.25, -0.2) is 4.79 Å². The van der Waals surface area contributed by atoms with Gasteiger partial charge in [0, 0.05) is 45.7 Å². The molecular weight excluding hydrogens is 340 g/mol. The summed E-state index contributed by atoms with van der Waals surface area (Å²) >= 11 is 0. The maximum absolute atomic E-state index is 12.8. The third-order valence-electron chi connectivity index (χ3n) is 6.07. The van der Waals surface area contributed by atoms with E-state index in [0.29, 0.717) is 26.2 Å². The fourth-order valence-electron chi connectivity index (χ4n) is 4.12. The monoisotopic (exact) mass is 372 g/mol. The summed E-state index contributed by atoms with van der Waals surface area (Å²) in [6, 6.07) is 10.0. The molecule has 0 bridgehead atoms. The van der Waals surface area contributed by atoms with E-state index in [-0.39, 0.29) is 23.3 Å². The Hall–Kier alpha value is -2.08. The molecule has 6 heteroatoms. The van der Waals surface area contributed by atoms with Crippen molar-refractivity contribution in [2.75, 3.05) is 39.8 Å². The highest BCUT2D eigenvalue weighted by molar-refractivity contribution is 5.80. The predicted octanol–water partition coefficient (Wildman–Crippen LogP) is 2.15. The number of hydrogen-bond acceptors (Lipinski definition) is 3. The fourth-order valence-corrected chi connectivity index (χ4v) is 4.12. The van der Waals surface area contributed by atoms with Crippen LogP contribution in [0.4, 0.5) is 4.79 Å². The van der Waals surface area contributed by atoms with Gasteiger partial charge >= 0.3 is 6.03 Å². The highest BCUT2D eigenvalue weighted by atomic mass is 16.2. The van der Waals surface area contributed by atoms with Gasteiger partial charge in [-0.3, -0.25) is 4.79 Å². The van der Waals surface area contributed by atoms with Crippen LogP contribution < -0.4 is 5.73 Å². The molecule has 1 unspecified atom stereocenters. The topological polar surface area (TPSA) is 69.9 Å². The molecule has 2 saturated heterocycles. The van der Waals surface area contributed by atoms with Crippen molar-refractivity contribution in [3.8, 4) is 0 Å². The average Bonchev–Trinajstić information content (AvgIpc) is 3.10. The first-order valence-corrected chi connectivity index (χ1v) is 9.95. The zero-order chi connectivity index (χ0) is 19.4. The summed E-state index contributed by atoms with van der Waals surface area (Å²) in [5.41, 5.74) is 7.04. The number of piperidine rings is 1. The Morgan fingerprint density at radius 1 is 1.15 bits per heavy atom. The number of urea groups is 1. The lowest BCUT2D eigenvalue weighted by molar-refractivity contribution is -0.136. The van der Waals surface area contributed by atoms with E-state index in [4.69, 9.17) is 5.73 Å². The lowest BCUT2D eigenvalue weighted by Gasteiger charge is -2.35. The number of nitrogens with zero attached hydrogens (tertiary/aromatic N) is 3. The molecule has 2 fully saturated rings. The van der Waals surface area contributed by atoms with E-state index in [1.807, 2.05) is 47.2 Å². The molecule has 148 valence electrons. The summed E-state index contributed by atoms with van der Waals surface area (Å²) in [6.07, 6.45) is 2.48. The van der Waals surface area contributed by atoms with Gasteiger partial charge in [0.05, 0.1) is 0 Å². The minimum absolute atomic E-state index is 0.0357. The van der Waals surface area contributed by atoms with E-state index in [9.17, 15) is 9.59 Å². The minimum Gasteiger partial charge on any atom is -0.342 e. The van der Waals surface area contributed by atoms with Gasteiger partial charge in [-0.1, -0.05) is 37.3 Å². The number of carbonyl (C=O) groups is 2. The first-order chi connectivity index (χ1) is 12.9. The summed E-state index contributed by atoms with van der Waals surface area (Å²) in [6.45, 7) is 6.26. The number of amides is 3. The molecule has 0 spiro atoms. The molecule has 6 nitrogen and oxygen atoms in total. The highest BCUT2D eigenvalue weighted by Crippen LogP contribution is 2.31. The van der Waals surface area contributed by atoms with Gasteiger partial charge in [-0.2, -0.15) is 0 Å². The molecule has 2 aliphatic rings. The van der Waals surface area contributed by atoms with Crippen LogP contribution in [-0.2, 0) is 11.3 Å². The zero-order valence-corrected chi connectivity index (χ0v) is 16.6. The van der Waals surface area contributed by atoms with E-state index in [0.717, 1.165) is 37.9 Å². The normalized spacial score (nSPS) is 23.5. The van der Waals surface area contributed by atoms with Gasteiger partial charge in [0.25, 0.3) is 0 Å². The lowest BCUT2D eigenvalue weighted by Crippen LogP contribution is -2.47. The summed E-state index contributed by atoms with van der Waals surface area (Å²) in [7, 11) is 1.84. The van der Waals surface area contributed by atoms with Crippen LogP contribution in [0.2, 0.25) is 0 Å². The molecule has 2 aliphatic heterocycles. The smallest absolute Gasteiger partial charge is 0.320 e. The summed E-state index contributed by atoms with van der Waals surface area (Å²) < 4.78 is 0. The second-order valence-corrected chi connectivity index (χ2v) is 8.41. The molecule has 1 aromatic rings. The largest absolute Gasteiger partial charge is 0.342 e. The van der Waals surface area contributed by atoms with Gasteiger partial charge in [0.1, 0.15) is 0 Å². The number of benzene rings is 1. The van der Waals surface area contributed by atoms with Crippen molar-refractivity contribution < 1.29 is 9.59 Å². The Morgan fingerprint density at radius 2 is 1.81 bits per heavy atom. The average molecular weight is 373 g/mol. The van der Waals surface area contributed by atoms with Crippen LogP contribution >= 0.6 is 0 Å². The Labute approximate surface area is 162 Å². The molecule has 27 heavy (non-hydrogen) atoms. The summed E-state index contributed by atoms with van der Waals surface area (Å²) in [4.78, 5) is 31.1. The van der Waals surface area contributed by atoms with Crippen LogP contribution in [0.1, 0.15) is 31.7 Å². The van der Waals surface area contributed by atoms with Crippen molar-refractivity contribution >= 4 is 11.9 Å². The van der Waals surface area contributed by atoms with Gasteiger partial charge in [-0.05, 0) is 36.8 Å². The highest BCUT2D eigenvalue weighted by Gasteiger charge is 2.38. The van der Waals surface area contributed by atoms with Crippen LogP contribution in [0.15, 0.2) is 30.3 Å². The summed E-state index contributed by atoms with van der Waals surface area (Å²) in [5.74, 6) is 0.283. The first kappa shape index (κ1) is 19.7. The molecule has 1 atom stereocenters. The maximum Gasteiger partial charge on any atom is 0.320 e. The number of likely N-dealkylation sites (tertiary alicyclic amines) is 2. The first-order valence-electron chi connectivity index (χ1n) is 9.95. The Kier molecular flexibility index (Phi) is 6.05. The van der Waals surface area contributed by atoms with Crippen molar-refractivity contribution in [3.05, 3.63) is 35.9 Å². The van der Waals surface area contributed by atoms with Gasteiger partial charge in [0.15, 0.2) is 0 Å². The predicted molar refractivity (Wildman–Crippen MR) is 106 cm³/mol. The van der Waals surface area contributed by atoms with Crippen molar-refractivity contribution in [2.24, 2.45) is 17.1 Å². The standard InChI is InChI=1S/C21H32N4O2/c1-21(15-22)10-13-25(16-21)19(26)18-8-11-24(12-9-18)20(27)23(2)14-17-6-4-3-5-7-17/h3-7,18H,8-16,22H2,1-2H3. The molecule has 3 amide bonds. The Balaban J connectivity index is 1.48. The third kappa shape index (κ3) is 4.61. The molecule has 0 aromatic heterocycles. The van der Waals surface area contributed by atoms with Gasteiger partial charge < -0.3 is 20.4 Å². The number of nitrogens with two attached hydrogens (primary N) is 1. The fraction of sp³-hybridized carbons (Fsp3) is 0.619. The Bertz CT molecular complexity index is 657. The molecule has 0 aliphatic carbocycles. The van der Waals surface area contributed by atoms with Crippen LogP contribution in [0.25, 0.3) is 0 Å². The van der Waals surface area contributed by atoms with Crippen LogP contribution in [0.3, 0.4) is 0 Å². The molecular formula is C21H32N4O2.